The first-order chi connectivity index (χ1) is 14.3. The van der Waals surface area contributed by atoms with Crippen LogP contribution in [0.1, 0.15) is 21.5 Å². The van der Waals surface area contributed by atoms with E-state index in [2.05, 4.69) is 0 Å². The monoisotopic (exact) mass is 417 g/mol. The lowest BCUT2D eigenvalue weighted by Gasteiger charge is -2.36. The average molecular weight is 417 g/mol. The van der Waals surface area contributed by atoms with Crippen molar-refractivity contribution in [1.29, 1.82) is 5.26 Å². The third kappa shape index (κ3) is 5.08. The fourth-order valence-corrected chi connectivity index (χ4v) is 3.08. The van der Waals surface area contributed by atoms with E-state index >= 15 is 0 Å². The average Bonchev–Trinajstić information content (AvgIpc) is 2.77. The molecule has 1 aliphatic rings. The zero-order valence-corrected chi connectivity index (χ0v) is 15.9. The van der Waals surface area contributed by atoms with Gasteiger partial charge in [-0.3, -0.25) is 4.79 Å². The van der Waals surface area contributed by atoms with E-state index in [1.807, 2.05) is 6.07 Å². The number of halogens is 3. The Labute approximate surface area is 171 Å². The van der Waals surface area contributed by atoms with Gasteiger partial charge >= 0.3 is 12.1 Å². The number of carbonyl (C=O) groups is 2. The largest absolute Gasteiger partial charge is 0.452 e. The van der Waals surface area contributed by atoms with Crippen LogP contribution in [-0.2, 0) is 15.7 Å². The Balaban J connectivity index is 1.50. The van der Waals surface area contributed by atoms with Crippen molar-refractivity contribution in [3.63, 3.8) is 0 Å². The summed E-state index contributed by atoms with van der Waals surface area (Å²) in [6.07, 6.45) is -4.41. The fraction of sp³-hybridized carbons (Fsp3) is 0.286. The van der Waals surface area contributed by atoms with E-state index in [4.69, 9.17) is 10.00 Å². The molecule has 0 N–H and O–H groups in total. The molecule has 1 saturated heterocycles. The van der Waals surface area contributed by atoms with Gasteiger partial charge in [-0.15, -0.1) is 0 Å². The maximum absolute atomic E-state index is 12.9. The second-order valence-electron chi connectivity index (χ2n) is 6.68. The summed E-state index contributed by atoms with van der Waals surface area (Å²) >= 11 is 0. The van der Waals surface area contributed by atoms with Crippen LogP contribution in [0.15, 0.2) is 48.5 Å². The standard InChI is InChI=1S/C21H18F3N3O3/c22-21(23,24)17-2-1-3-18(12-17)26-8-10-27(11-9-26)19(28)14-30-20(29)16-6-4-15(13-25)5-7-16/h1-7,12H,8-11,14H2. The number of piperazine rings is 1. The van der Waals surface area contributed by atoms with Crippen LogP contribution in [0.4, 0.5) is 18.9 Å². The third-order valence-corrected chi connectivity index (χ3v) is 4.75. The van der Waals surface area contributed by atoms with Crippen LogP contribution < -0.4 is 4.90 Å². The molecule has 0 aliphatic carbocycles. The molecule has 1 amide bonds. The molecule has 2 aromatic rings. The van der Waals surface area contributed by atoms with Gasteiger partial charge < -0.3 is 14.5 Å². The van der Waals surface area contributed by atoms with Gasteiger partial charge in [-0.05, 0) is 42.5 Å². The smallest absolute Gasteiger partial charge is 0.416 e. The number of nitrogens with zero attached hydrogens (tertiary/aromatic N) is 3. The molecule has 1 fully saturated rings. The molecule has 0 unspecified atom stereocenters. The second kappa shape index (κ2) is 8.86. The van der Waals surface area contributed by atoms with Gasteiger partial charge in [-0.2, -0.15) is 18.4 Å². The van der Waals surface area contributed by atoms with Crippen molar-refractivity contribution in [3.8, 4) is 6.07 Å². The summed E-state index contributed by atoms with van der Waals surface area (Å²) in [5, 5.41) is 8.76. The summed E-state index contributed by atoms with van der Waals surface area (Å²) in [6, 6.07) is 12.9. The van der Waals surface area contributed by atoms with Crippen molar-refractivity contribution in [1.82, 2.24) is 4.90 Å². The highest BCUT2D eigenvalue weighted by Gasteiger charge is 2.31. The van der Waals surface area contributed by atoms with Crippen LogP contribution in [0.25, 0.3) is 0 Å². The lowest BCUT2D eigenvalue weighted by atomic mass is 10.1. The lowest BCUT2D eigenvalue weighted by molar-refractivity contribution is -0.137. The van der Waals surface area contributed by atoms with Crippen LogP contribution in [0, 0.1) is 11.3 Å². The molecule has 9 heteroatoms. The molecular weight excluding hydrogens is 399 g/mol. The predicted molar refractivity (Wildman–Crippen MR) is 102 cm³/mol. The number of esters is 1. The summed E-state index contributed by atoms with van der Waals surface area (Å²) in [7, 11) is 0. The Morgan fingerprint density at radius 3 is 2.30 bits per heavy atom. The minimum atomic E-state index is -4.41. The van der Waals surface area contributed by atoms with Gasteiger partial charge in [-0.25, -0.2) is 4.79 Å². The predicted octanol–water partition coefficient (Wildman–Crippen LogP) is 3.08. The minimum absolute atomic E-state index is 0.233. The van der Waals surface area contributed by atoms with Gasteiger partial charge in [0.15, 0.2) is 6.61 Å². The summed E-state index contributed by atoms with van der Waals surface area (Å²) in [4.78, 5) is 27.6. The van der Waals surface area contributed by atoms with E-state index in [9.17, 15) is 22.8 Å². The number of amides is 1. The highest BCUT2D eigenvalue weighted by Crippen LogP contribution is 2.31. The lowest BCUT2D eigenvalue weighted by Crippen LogP contribution is -2.50. The molecule has 6 nitrogen and oxygen atoms in total. The number of ether oxygens (including phenoxy) is 1. The quantitative estimate of drug-likeness (QED) is 0.715. The highest BCUT2D eigenvalue weighted by molar-refractivity contribution is 5.91. The van der Waals surface area contributed by atoms with Gasteiger partial charge in [-0.1, -0.05) is 6.07 Å². The maximum atomic E-state index is 12.9. The van der Waals surface area contributed by atoms with Gasteiger partial charge in [0.1, 0.15) is 0 Å². The van der Waals surface area contributed by atoms with Crippen molar-refractivity contribution >= 4 is 17.6 Å². The highest BCUT2D eigenvalue weighted by atomic mass is 19.4. The van der Waals surface area contributed by atoms with Crippen molar-refractivity contribution in [2.75, 3.05) is 37.7 Å². The zero-order chi connectivity index (χ0) is 21.7. The summed E-state index contributed by atoms with van der Waals surface area (Å²) in [5.74, 6) is -1.05. The Bertz CT molecular complexity index is 960. The molecule has 156 valence electrons. The Hall–Kier alpha value is -3.54. The van der Waals surface area contributed by atoms with E-state index in [0.29, 0.717) is 37.4 Å². The first-order valence-electron chi connectivity index (χ1n) is 9.15. The number of anilines is 1. The first kappa shape index (κ1) is 21.2. The Morgan fingerprint density at radius 1 is 1.03 bits per heavy atom. The number of rotatable bonds is 4. The zero-order valence-electron chi connectivity index (χ0n) is 15.9. The van der Waals surface area contributed by atoms with Crippen molar-refractivity contribution in [2.24, 2.45) is 0 Å². The molecule has 0 spiro atoms. The van der Waals surface area contributed by atoms with Crippen LogP contribution in [0.5, 0.6) is 0 Å². The van der Waals surface area contributed by atoms with Crippen LogP contribution >= 0.6 is 0 Å². The number of alkyl halides is 3. The van der Waals surface area contributed by atoms with Crippen LogP contribution in [-0.4, -0.2) is 49.6 Å². The van der Waals surface area contributed by atoms with Crippen LogP contribution in [0.2, 0.25) is 0 Å². The molecule has 30 heavy (non-hydrogen) atoms. The number of benzene rings is 2. The van der Waals surface area contributed by atoms with Crippen molar-refractivity contribution < 1.29 is 27.5 Å². The van der Waals surface area contributed by atoms with E-state index in [1.54, 1.807) is 11.0 Å². The van der Waals surface area contributed by atoms with Crippen LogP contribution in [0.3, 0.4) is 0 Å². The Kier molecular flexibility index (Phi) is 6.26. The number of hydrogen-bond donors (Lipinski definition) is 0. The molecule has 0 bridgehead atoms. The molecule has 1 aliphatic heterocycles. The molecule has 0 saturated carbocycles. The molecule has 0 aromatic heterocycles. The van der Waals surface area contributed by atoms with Gasteiger partial charge in [0.05, 0.1) is 22.8 Å². The molecule has 0 atom stereocenters. The number of carbonyl (C=O) groups excluding carboxylic acids is 2. The van der Waals surface area contributed by atoms with Crippen molar-refractivity contribution in [2.45, 2.75) is 6.18 Å². The summed E-state index contributed by atoms with van der Waals surface area (Å²) in [6.45, 7) is 0.933. The summed E-state index contributed by atoms with van der Waals surface area (Å²) in [5.41, 5.74) is 0.370. The van der Waals surface area contributed by atoms with Gasteiger partial charge in [0, 0.05) is 31.9 Å². The topological polar surface area (TPSA) is 73.6 Å². The van der Waals surface area contributed by atoms with Crippen molar-refractivity contribution in [3.05, 3.63) is 65.2 Å². The van der Waals surface area contributed by atoms with E-state index in [0.717, 1.165) is 12.1 Å². The molecule has 1 heterocycles. The van der Waals surface area contributed by atoms with E-state index < -0.39 is 24.3 Å². The second-order valence-corrected chi connectivity index (χ2v) is 6.68. The normalized spacial score (nSPS) is 14.2. The third-order valence-electron chi connectivity index (χ3n) is 4.75. The SMILES string of the molecule is N#Cc1ccc(C(=O)OCC(=O)N2CCN(c3cccc(C(F)(F)F)c3)CC2)cc1. The maximum Gasteiger partial charge on any atom is 0.416 e. The minimum Gasteiger partial charge on any atom is -0.452 e. The van der Waals surface area contributed by atoms with Gasteiger partial charge in [0.25, 0.3) is 5.91 Å². The molecule has 0 radical (unpaired) electrons. The van der Waals surface area contributed by atoms with E-state index in [-0.39, 0.29) is 11.5 Å². The molecule has 3 rings (SSSR count). The molecular formula is C21H18F3N3O3. The number of hydrogen-bond acceptors (Lipinski definition) is 5. The van der Waals surface area contributed by atoms with Gasteiger partial charge in [0.2, 0.25) is 0 Å². The number of nitriles is 1. The first-order valence-corrected chi connectivity index (χ1v) is 9.15. The Morgan fingerprint density at radius 2 is 1.70 bits per heavy atom. The summed E-state index contributed by atoms with van der Waals surface area (Å²) < 4.78 is 43.7. The molecule has 2 aromatic carbocycles. The fourth-order valence-electron chi connectivity index (χ4n) is 3.08. The van der Waals surface area contributed by atoms with E-state index in [1.165, 1.54) is 35.2 Å².